The van der Waals surface area contributed by atoms with E-state index in [-0.39, 0.29) is 18.4 Å². The van der Waals surface area contributed by atoms with Crippen LogP contribution in [0.2, 0.25) is 0 Å². The molecule has 0 bridgehead atoms. The van der Waals surface area contributed by atoms with Crippen LogP contribution in [0.25, 0.3) is 0 Å². The van der Waals surface area contributed by atoms with Crippen molar-refractivity contribution in [1.82, 2.24) is 15.0 Å². The number of amides is 1. The van der Waals surface area contributed by atoms with Gasteiger partial charge in [0, 0.05) is 24.6 Å². The first-order valence-electron chi connectivity index (χ1n) is 9.14. The number of aromatic nitrogens is 2. The Morgan fingerprint density at radius 2 is 1.85 bits per heavy atom. The normalized spacial score (nSPS) is 16.9. The molecule has 0 radical (unpaired) electrons. The van der Waals surface area contributed by atoms with Gasteiger partial charge in [-0.25, -0.2) is 0 Å². The average Bonchev–Trinajstić information content (AvgIpc) is 3.22. The predicted octanol–water partition coefficient (Wildman–Crippen LogP) is 3.67. The minimum Gasteiger partial charge on any atom is -0.484 e. The second kappa shape index (κ2) is 8.03. The average molecular weight is 363 g/mol. The van der Waals surface area contributed by atoms with Crippen molar-refractivity contribution in [2.45, 2.75) is 25.4 Å². The fraction of sp³-hybridized carbons (Fsp3) is 0.286. The van der Waals surface area contributed by atoms with Gasteiger partial charge in [-0.15, -0.1) is 0 Å². The maximum Gasteiger partial charge on any atom is 0.264 e. The molecule has 6 nitrogen and oxygen atoms in total. The highest BCUT2D eigenvalue weighted by molar-refractivity contribution is 5.94. The molecule has 0 saturated carbocycles. The van der Waals surface area contributed by atoms with E-state index in [1.807, 2.05) is 65.6 Å². The van der Waals surface area contributed by atoms with Gasteiger partial charge in [0.2, 0.25) is 0 Å². The van der Waals surface area contributed by atoms with Crippen molar-refractivity contribution >= 4 is 5.91 Å². The molecule has 1 saturated heterocycles. The number of ether oxygens (including phenoxy) is 1. The fourth-order valence-corrected chi connectivity index (χ4v) is 3.29. The standard InChI is InChI=1S/C21H21N3O3/c25-21(16-8-3-1-4-9-16)24-13-7-10-17(14-24)20-22-19(27-23-20)15-26-18-11-5-2-6-12-18/h1-6,8-9,11-12,17H,7,10,13-15H2. The van der Waals surface area contributed by atoms with Crippen LogP contribution in [-0.2, 0) is 6.61 Å². The third-order valence-electron chi connectivity index (χ3n) is 4.68. The molecule has 0 aliphatic carbocycles. The number of hydrogen-bond acceptors (Lipinski definition) is 5. The van der Waals surface area contributed by atoms with Gasteiger partial charge in [0.05, 0.1) is 0 Å². The Hall–Kier alpha value is -3.15. The van der Waals surface area contributed by atoms with Crippen molar-refractivity contribution in [2.75, 3.05) is 13.1 Å². The van der Waals surface area contributed by atoms with Gasteiger partial charge in [-0.05, 0) is 37.1 Å². The molecule has 1 aromatic heterocycles. The third-order valence-corrected chi connectivity index (χ3v) is 4.68. The Bertz CT molecular complexity index is 880. The summed E-state index contributed by atoms with van der Waals surface area (Å²) in [6.45, 7) is 1.59. The van der Waals surface area contributed by atoms with Crippen molar-refractivity contribution in [3.05, 3.63) is 77.9 Å². The van der Waals surface area contributed by atoms with E-state index in [1.165, 1.54) is 0 Å². The maximum absolute atomic E-state index is 12.7. The lowest BCUT2D eigenvalue weighted by Gasteiger charge is -2.31. The van der Waals surface area contributed by atoms with Crippen LogP contribution in [0.5, 0.6) is 5.75 Å². The molecule has 3 aromatic rings. The zero-order valence-corrected chi connectivity index (χ0v) is 15.0. The molecule has 1 unspecified atom stereocenters. The molecule has 27 heavy (non-hydrogen) atoms. The van der Waals surface area contributed by atoms with Crippen LogP contribution >= 0.6 is 0 Å². The zero-order chi connectivity index (χ0) is 18.5. The Labute approximate surface area is 157 Å². The van der Waals surface area contributed by atoms with E-state index in [4.69, 9.17) is 9.26 Å². The maximum atomic E-state index is 12.7. The van der Waals surface area contributed by atoms with E-state index in [9.17, 15) is 4.79 Å². The number of carbonyl (C=O) groups is 1. The smallest absolute Gasteiger partial charge is 0.264 e. The molecule has 6 heteroatoms. The number of nitrogens with zero attached hydrogens (tertiary/aromatic N) is 3. The first-order valence-corrected chi connectivity index (χ1v) is 9.14. The molecule has 4 rings (SSSR count). The van der Waals surface area contributed by atoms with Gasteiger partial charge >= 0.3 is 0 Å². The highest BCUT2D eigenvalue weighted by Crippen LogP contribution is 2.26. The number of likely N-dealkylation sites (tertiary alicyclic amines) is 1. The first-order chi connectivity index (χ1) is 13.3. The molecule has 2 aromatic carbocycles. The van der Waals surface area contributed by atoms with E-state index in [1.54, 1.807) is 0 Å². The van der Waals surface area contributed by atoms with Gasteiger partial charge < -0.3 is 14.2 Å². The second-order valence-electron chi connectivity index (χ2n) is 6.60. The van der Waals surface area contributed by atoms with Crippen LogP contribution < -0.4 is 4.74 Å². The van der Waals surface area contributed by atoms with Crippen LogP contribution in [0.3, 0.4) is 0 Å². The summed E-state index contributed by atoms with van der Waals surface area (Å²) in [5.41, 5.74) is 0.711. The topological polar surface area (TPSA) is 68.5 Å². The highest BCUT2D eigenvalue weighted by Gasteiger charge is 2.28. The van der Waals surface area contributed by atoms with Crippen molar-refractivity contribution in [3.8, 4) is 5.75 Å². The van der Waals surface area contributed by atoms with Crippen molar-refractivity contribution in [1.29, 1.82) is 0 Å². The van der Waals surface area contributed by atoms with Gasteiger partial charge in [-0.1, -0.05) is 41.6 Å². The molecule has 1 atom stereocenters. The number of para-hydroxylation sites is 1. The van der Waals surface area contributed by atoms with Gasteiger partial charge in [0.25, 0.3) is 11.8 Å². The molecule has 1 fully saturated rings. The molecular formula is C21H21N3O3. The van der Waals surface area contributed by atoms with Gasteiger partial charge in [-0.3, -0.25) is 4.79 Å². The lowest BCUT2D eigenvalue weighted by Crippen LogP contribution is -2.39. The van der Waals surface area contributed by atoms with Crippen LogP contribution in [0.15, 0.2) is 65.2 Å². The molecule has 0 N–H and O–H groups in total. The molecule has 0 spiro atoms. The molecular weight excluding hydrogens is 342 g/mol. The van der Waals surface area contributed by atoms with Crippen LogP contribution in [0, 0.1) is 0 Å². The number of carbonyl (C=O) groups excluding carboxylic acids is 1. The Kier molecular flexibility index (Phi) is 5.14. The van der Waals surface area contributed by atoms with Gasteiger partial charge in [0.1, 0.15) is 5.75 Å². The molecule has 1 amide bonds. The summed E-state index contributed by atoms with van der Waals surface area (Å²) in [5.74, 6) is 1.99. The van der Waals surface area contributed by atoms with E-state index >= 15 is 0 Å². The van der Waals surface area contributed by atoms with Gasteiger partial charge in [0.15, 0.2) is 12.4 Å². The van der Waals surface area contributed by atoms with E-state index < -0.39 is 0 Å². The zero-order valence-electron chi connectivity index (χ0n) is 15.0. The van der Waals surface area contributed by atoms with E-state index in [2.05, 4.69) is 10.1 Å². The molecule has 1 aliphatic rings. The SMILES string of the molecule is O=C(c1ccccc1)N1CCCC(c2noc(COc3ccccc3)n2)C1. The molecule has 1 aliphatic heterocycles. The number of rotatable bonds is 5. The summed E-state index contributed by atoms with van der Waals surface area (Å²) in [6.07, 6.45) is 1.87. The van der Waals surface area contributed by atoms with E-state index in [0.29, 0.717) is 23.8 Å². The molecule has 138 valence electrons. The molecule has 2 heterocycles. The van der Waals surface area contributed by atoms with Crippen molar-refractivity contribution in [2.24, 2.45) is 0 Å². The monoisotopic (exact) mass is 363 g/mol. The van der Waals surface area contributed by atoms with E-state index in [0.717, 1.165) is 25.1 Å². The second-order valence-corrected chi connectivity index (χ2v) is 6.60. The predicted molar refractivity (Wildman–Crippen MR) is 99.4 cm³/mol. The summed E-state index contributed by atoms with van der Waals surface area (Å²) in [4.78, 5) is 19.0. The Morgan fingerprint density at radius 1 is 1.11 bits per heavy atom. The minimum absolute atomic E-state index is 0.0522. The Morgan fingerprint density at radius 3 is 2.63 bits per heavy atom. The van der Waals surface area contributed by atoms with Crippen molar-refractivity contribution in [3.63, 3.8) is 0 Å². The highest BCUT2D eigenvalue weighted by atomic mass is 16.5. The summed E-state index contributed by atoms with van der Waals surface area (Å²) < 4.78 is 11.0. The Balaban J connectivity index is 1.38. The van der Waals surface area contributed by atoms with Crippen LogP contribution in [0.1, 0.15) is 40.8 Å². The lowest BCUT2D eigenvalue weighted by molar-refractivity contribution is 0.0703. The largest absolute Gasteiger partial charge is 0.484 e. The number of piperidine rings is 1. The van der Waals surface area contributed by atoms with Crippen molar-refractivity contribution < 1.29 is 14.1 Å². The van der Waals surface area contributed by atoms with Gasteiger partial charge in [-0.2, -0.15) is 4.98 Å². The minimum atomic E-state index is 0.0522. The summed E-state index contributed by atoms with van der Waals surface area (Å²) >= 11 is 0. The summed E-state index contributed by atoms with van der Waals surface area (Å²) in [5, 5.41) is 4.11. The first kappa shape index (κ1) is 17.3. The van der Waals surface area contributed by atoms with Crippen LogP contribution in [-0.4, -0.2) is 34.0 Å². The summed E-state index contributed by atoms with van der Waals surface area (Å²) in [7, 11) is 0. The van der Waals surface area contributed by atoms with Crippen LogP contribution in [0.4, 0.5) is 0 Å². The lowest BCUT2D eigenvalue weighted by atomic mass is 9.96. The number of hydrogen-bond donors (Lipinski definition) is 0. The fourth-order valence-electron chi connectivity index (χ4n) is 3.29. The number of benzene rings is 2. The quantitative estimate of drug-likeness (QED) is 0.692. The summed E-state index contributed by atoms with van der Waals surface area (Å²) in [6, 6.07) is 18.9. The third kappa shape index (κ3) is 4.16.